The highest BCUT2D eigenvalue weighted by atomic mass is 32.2. The van der Waals surface area contributed by atoms with Crippen molar-refractivity contribution in [3.63, 3.8) is 0 Å². The lowest BCUT2D eigenvalue weighted by atomic mass is 10.1. The first-order chi connectivity index (χ1) is 6.17. The highest BCUT2D eigenvalue weighted by Crippen LogP contribution is 2.35. The van der Waals surface area contributed by atoms with Crippen molar-refractivity contribution in [2.75, 3.05) is 13.4 Å². The summed E-state index contributed by atoms with van der Waals surface area (Å²) in [5, 5.41) is 1.04. The molecule has 0 aliphatic heterocycles. The van der Waals surface area contributed by atoms with Crippen molar-refractivity contribution >= 4 is 23.1 Å². The zero-order valence-electron chi connectivity index (χ0n) is 8.29. The van der Waals surface area contributed by atoms with E-state index < -0.39 is 0 Å². The average molecular weight is 218 g/mol. The highest BCUT2D eigenvalue weighted by molar-refractivity contribution is 8.00. The summed E-state index contributed by atoms with van der Waals surface area (Å²) in [5.41, 5.74) is 5.28. The molecule has 0 fully saturated rings. The van der Waals surface area contributed by atoms with Crippen LogP contribution in [0.25, 0.3) is 0 Å². The van der Waals surface area contributed by atoms with E-state index in [1.165, 1.54) is 9.77 Å². The number of hydrogen-bond donors (Lipinski definition) is 1. The molecule has 1 heterocycles. The molecule has 0 spiro atoms. The van der Waals surface area contributed by atoms with Crippen LogP contribution in [0.5, 0.6) is 5.06 Å². The minimum atomic E-state index is 0.443. The van der Waals surface area contributed by atoms with Gasteiger partial charge in [0.2, 0.25) is 0 Å². The van der Waals surface area contributed by atoms with Crippen LogP contribution in [-0.4, -0.2) is 19.4 Å². The van der Waals surface area contributed by atoms with E-state index in [2.05, 4.69) is 25.0 Å². The van der Waals surface area contributed by atoms with E-state index in [0.29, 0.717) is 6.04 Å². The maximum atomic E-state index is 5.31. The quantitative estimate of drug-likeness (QED) is 0.780. The van der Waals surface area contributed by atoms with Gasteiger partial charge in [0.05, 0.1) is 17.4 Å². The summed E-state index contributed by atoms with van der Waals surface area (Å²) in [6.07, 6.45) is 3.09. The fraction of sp³-hybridized carbons (Fsp3) is 0.556. The Morgan fingerprint density at radius 1 is 1.69 bits per heavy atom. The Kier molecular flexibility index (Phi) is 4.09. The molecule has 0 saturated carbocycles. The molecular weight excluding hydrogens is 202 g/mol. The van der Waals surface area contributed by atoms with Crippen LogP contribution < -0.4 is 10.5 Å². The lowest BCUT2D eigenvalue weighted by molar-refractivity contribution is -0.413. The summed E-state index contributed by atoms with van der Waals surface area (Å²) in [6, 6.07) is 2.65. The Morgan fingerprint density at radius 2 is 2.38 bits per heavy atom. The molecular formula is C9H16NOS2+. The van der Waals surface area contributed by atoms with Crippen molar-refractivity contribution in [2.24, 2.45) is 0 Å². The SMILES string of the molecule is COc1sc(SC)cc1C[C@H](C)[NH3+]. The van der Waals surface area contributed by atoms with Gasteiger partial charge in [-0.05, 0) is 19.2 Å². The van der Waals surface area contributed by atoms with Crippen molar-refractivity contribution in [3.05, 3.63) is 11.6 Å². The van der Waals surface area contributed by atoms with Gasteiger partial charge in [-0.1, -0.05) is 11.3 Å². The van der Waals surface area contributed by atoms with Gasteiger partial charge in [0.25, 0.3) is 0 Å². The minimum Gasteiger partial charge on any atom is -0.487 e. The molecule has 0 amide bonds. The molecule has 0 unspecified atom stereocenters. The number of ether oxygens (including phenoxy) is 1. The van der Waals surface area contributed by atoms with Crippen molar-refractivity contribution in [3.8, 4) is 5.06 Å². The second-order valence-electron chi connectivity index (χ2n) is 3.10. The van der Waals surface area contributed by atoms with Crippen molar-refractivity contribution in [2.45, 2.75) is 23.6 Å². The van der Waals surface area contributed by atoms with Crippen molar-refractivity contribution in [1.82, 2.24) is 0 Å². The molecule has 3 N–H and O–H groups in total. The normalized spacial score (nSPS) is 12.9. The van der Waals surface area contributed by atoms with Gasteiger partial charge < -0.3 is 10.5 Å². The minimum absolute atomic E-state index is 0.443. The number of thioether (sulfide) groups is 1. The molecule has 1 aromatic rings. The second kappa shape index (κ2) is 4.88. The van der Waals surface area contributed by atoms with E-state index in [0.717, 1.165) is 11.5 Å². The van der Waals surface area contributed by atoms with Crippen molar-refractivity contribution < 1.29 is 10.5 Å². The summed E-state index contributed by atoms with van der Waals surface area (Å²) in [5.74, 6) is 0. The maximum absolute atomic E-state index is 5.31. The number of rotatable bonds is 4. The fourth-order valence-corrected chi connectivity index (χ4v) is 2.74. The molecule has 0 aliphatic carbocycles. The Balaban J connectivity index is 2.84. The molecule has 0 aliphatic rings. The van der Waals surface area contributed by atoms with Gasteiger partial charge in [0, 0.05) is 12.0 Å². The van der Waals surface area contributed by atoms with Crippen LogP contribution in [0.3, 0.4) is 0 Å². The second-order valence-corrected chi connectivity index (χ2v) is 5.22. The molecule has 13 heavy (non-hydrogen) atoms. The van der Waals surface area contributed by atoms with Crippen LogP contribution in [-0.2, 0) is 6.42 Å². The van der Waals surface area contributed by atoms with Crippen LogP contribution in [0.4, 0.5) is 0 Å². The van der Waals surface area contributed by atoms with E-state index in [1.807, 2.05) is 0 Å². The average Bonchev–Trinajstić information content (AvgIpc) is 2.46. The van der Waals surface area contributed by atoms with Gasteiger partial charge in [-0.2, -0.15) is 0 Å². The van der Waals surface area contributed by atoms with Crippen LogP contribution in [0.1, 0.15) is 12.5 Å². The molecule has 0 radical (unpaired) electrons. The van der Waals surface area contributed by atoms with E-state index in [4.69, 9.17) is 4.74 Å². The van der Waals surface area contributed by atoms with Crippen LogP contribution in [0.2, 0.25) is 0 Å². The van der Waals surface area contributed by atoms with Crippen LogP contribution >= 0.6 is 23.1 Å². The lowest BCUT2D eigenvalue weighted by Gasteiger charge is -2.02. The molecule has 0 aromatic carbocycles. The van der Waals surface area contributed by atoms with E-state index >= 15 is 0 Å². The number of thiophene rings is 1. The number of methoxy groups -OCH3 is 1. The third-order valence-electron chi connectivity index (χ3n) is 1.70. The molecule has 0 bridgehead atoms. The van der Waals surface area contributed by atoms with Gasteiger partial charge in [0.1, 0.15) is 0 Å². The van der Waals surface area contributed by atoms with Gasteiger partial charge in [-0.15, -0.1) is 11.8 Å². The van der Waals surface area contributed by atoms with Crippen molar-refractivity contribution in [1.29, 1.82) is 0 Å². The van der Waals surface area contributed by atoms with Crippen LogP contribution in [0, 0.1) is 0 Å². The Bertz CT molecular complexity index is 271. The lowest BCUT2D eigenvalue weighted by Crippen LogP contribution is -2.60. The van der Waals surface area contributed by atoms with Gasteiger partial charge in [0.15, 0.2) is 5.06 Å². The third kappa shape index (κ3) is 2.90. The summed E-state index contributed by atoms with van der Waals surface area (Å²) in [6.45, 7) is 2.12. The largest absolute Gasteiger partial charge is 0.487 e. The standard InChI is InChI=1S/C9H15NOS2/c1-6(10)4-7-5-8(12-3)13-9(7)11-2/h5-6H,4,10H2,1-3H3/p+1/t6-/m0/s1. The first kappa shape index (κ1) is 10.9. The number of quaternary nitrogens is 1. The molecule has 2 nitrogen and oxygen atoms in total. The van der Waals surface area contributed by atoms with Gasteiger partial charge in [-0.25, -0.2) is 0 Å². The molecule has 1 aromatic heterocycles. The Labute approximate surface area is 87.5 Å². The monoisotopic (exact) mass is 218 g/mol. The summed E-state index contributed by atoms with van der Waals surface area (Å²) in [4.78, 5) is 0. The smallest absolute Gasteiger partial charge is 0.177 e. The highest BCUT2D eigenvalue weighted by Gasteiger charge is 2.11. The van der Waals surface area contributed by atoms with Crippen LogP contribution in [0.15, 0.2) is 10.3 Å². The Morgan fingerprint density at radius 3 is 2.85 bits per heavy atom. The first-order valence-corrected chi connectivity index (χ1v) is 6.25. The molecule has 1 atom stereocenters. The summed E-state index contributed by atoms with van der Waals surface area (Å²) >= 11 is 3.48. The summed E-state index contributed by atoms with van der Waals surface area (Å²) in [7, 11) is 1.73. The summed E-state index contributed by atoms with van der Waals surface area (Å²) < 4.78 is 6.62. The third-order valence-corrected chi connectivity index (χ3v) is 3.91. The Hall–Kier alpha value is -0.190. The maximum Gasteiger partial charge on any atom is 0.177 e. The van der Waals surface area contributed by atoms with E-state index in [1.54, 1.807) is 30.2 Å². The predicted molar refractivity (Wildman–Crippen MR) is 58.7 cm³/mol. The zero-order valence-corrected chi connectivity index (χ0v) is 9.93. The zero-order chi connectivity index (χ0) is 9.84. The van der Waals surface area contributed by atoms with Gasteiger partial charge in [-0.3, -0.25) is 0 Å². The molecule has 0 saturated heterocycles. The van der Waals surface area contributed by atoms with E-state index in [-0.39, 0.29) is 0 Å². The predicted octanol–water partition coefficient (Wildman–Crippen LogP) is 1.65. The molecule has 4 heteroatoms. The molecule has 1 rings (SSSR count). The van der Waals surface area contributed by atoms with Gasteiger partial charge >= 0.3 is 0 Å². The van der Waals surface area contributed by atoms with E-state index in [9.17, 15) is 0 Å². The number of hydrogen-bond acceptors (Lipinski definition) is 3. The molecule has 74 valence electrons. The first-order valence-electron chi connectivity index (χ1n) is 4.21. The fourth-order valence-electron chi connectivity index (χ4n) is 1.18. The topological polar surface area (TPSA) is 36.9 Å².